The smallest absolute Gasteiger partial charge is 0.231 e. The molecule has 7 nitrogen and oxygen atoms in total. The minimum Gasteiger partial charge on any atom is -0.493 e. The molecule has 172 valence electrons. The van der Waals surface area contributed by atoms with E-state index in [2.05, 4.69) is 33.0 Å². The maximum absolute atomic E-state index is 5.60. The molecule has 3 aliphatic rings. The molecule has 5 rings (SSSR count). The van der Waals surface area contributed by atoms with Gasteiger partial charge in [-0.15, -0.1) is 0 Å². The van der Waals surface area contributed by atoms with E-state index in [1.54, 1.807) is 18.9 Å². The summed E-state index contributed by atoms with van der Waals surface area (Å²) in [5.74, 6) is 3.74. The van der Waals surface area contributed by atoms with Crippen LogP contribution in [0.25, 0.3) is 0 Å². The Morgan fingerprint density at radius 3 is 2.88 bits per heavy atom. The summed E-state index contributed by atoms with van der Waals surface area (Å²) in [7, 11) is 1.67. The number of likely N-dealkylation sites (tertiary alicyclic amines) is 2. The third-order valence-corrected chi connectivity index (χ3v) is 7.38. The molecule has 0 amide bonds. The molecule has 0 N–H and O–H groups in total. The summed E-state index contributed by atoms with van der Waals surface area (Å²) in [5, 5.41) is 0.916. The van der Waals surface area contributed by atoms with Gasteiger partial charge in [-0.25, -0.2) is 9.97 Å². The zero-order chi connectivity index (χ0) is 21.8. The Bertz CT molecular complexity index is 922. The molecule has 0 bridgehead atoms. The van der Waals surface area contributed by atoms with E-state index in [9.17, 15) is 0 Å². The van der Waals surface area contributed by atoms with E-state index >= 15 is 0 Å². The molecule has 32 heavy (non-hydrogen) atoms. The molecule has 4 heterocycles. The van der Waals surface area contributed by atoms with Crippen LogP contribution >= 0.6 is 11.8 Å². The van der Waals surface area contributed by atoms with Gasteiger partial charge < -0.3 is 19.1 Å². The Morgan fingerprint density at radius 1 is 1.12 bits per heavy atom. The minimum atomic E-state index is 0.257. The molecule has 2 fully saturated rings. The molecule has 0 saturated carbocycles. The summed E-state index contributed by atoms with van der Waals surface area (Å²) in [6.45, 7) is 6.85. The first-order valence-corrected chi connectivity index (χ1v) is 12.6. The van der Waals surface area contributed by atoms with Crippen LogP contribution in [-0.2, 0) is 6.54 Å². The van der Waals surface area contributed by atoms with Crippen molar-refractivity contribution in [2.24, 2.45) is 0 Å². The third kappa shape index (κ3) is 5.13. The first-order chi connectivity index (χ1) is 15.8. The van der Waals surface area contributed by atoms with Crippen LogP contribution in [0.4, 0.5) is 0 Å². The number of aromatic nitrogens is 2. The van der Waals surface area contributed by atoms with Crippen molar-refractivity contribution in [1.29, 1.82) is 0 Å². The second-order valence-corrected chi connectivity index (χ2v) is 9.83. The number of thioether (sulfide) groups is 1. The molecule has 2 saturated heterocycles. The highest BCUT2D eigenvalue weighted by molar-refractivity contribution is 7.99. The molecule has 0 aliphatic carbocycles. The van der Waals surface area contributed by atoms with Gasteiger partial charge in [0.2, 0.25) is 12.5 Å². The van der Waals surface area contributed by atoms with Crippen LogP contribution in [0.15, 0.2) is 29.6 Å². The highest BCUT2D eigenvalue weighted by Crippen LogP contribution is 2.42. The van der Waals surface area contributed by atoms with Crippen molar-refractivity contribution in [2.45, 2.75) is 43.3 Å². The SMILES string of the molecule is COc1cc(CN2CCC[C@H](c3ccnc(SCCN4CCCC4)n3)C2)cc2c1OCO2. The van der Waals surface area contributed by atoms with Crippen LogP contribution in [0, 0.1) is 0 Å². The van der Waals surface area contributed by atoms with Crippen molar-refractivity contribution >= 4 is 11.8 Å². The zero-order valence-electron chi connectivity index (χ0n) is 18.8. The molecule has 1 aromatic heterocycles. The quantitative estimate of drug-likeness (QED) is 0.439. The Morgan fingerprint density at radius 2 is 2.00 bits per heavy atom. The first-order valence-electron chi connectivity index (χ1n) is 11.7. The van der Waals surface area contributed by atoms with Crippen LogP contribution in [0.2, 0.25) is 0 Å². The van der Waals surface area contributed by atoms with Crippen LogP contribution in [0.5, 0.6) is 17.2 Å². The number of methoxy groups -OCH3 is 1. The molecule has 1 aromatic carbocycles. The number of hydrogen-bond donors (Lipinski definition) is 0. The van der Waals surface area contributed by atoms with Crippen LogP contribution in [-0.4, -0.2) is 72.1 Å². The Labute approximate surface area is 194 Å². The number of rotatable bonds is 8. The van der Waals surface area contributed by atoms with Gasteiger partial charge in [-0.2, -0.15) is 0 Å². The van der Waals surface area contributed by atoms with Crippen LogP contribution in [0.3, 0.4) is 0 Å². The summed E-state index contributed by atoms with van der Waals surface area (Å²) in [4.78, 5) is 14.5. The van der Waals surface area contributed by atoms with E-state index in [4.69, 9.17) is 19.2 Å². The fraction of sp³-hybridized carbons (Fsp3) is 0.583. The van der Waals surface area contributed by atoms with Gasteiger partial charge >= 0.3 is 0 Å². The molecular formula is C24H32N4O3S. The number of fused-ring (bicyclic) bond motifs is 1. The standard InChI is InChI=1S/C24H32N4O3S/c1-29-21-13-18(14-22-23(21)31-17-30-22)15-28-10-4-5-19(16-28)20-6-7-25-24(26-20)32-12-11-27-8-2-3-9-27/h6-7,13-14,19H,2-5,8-12,15-17H2,1H3/t19-/m0/s1. The predicted molar refractivity (Wildman–Crippen MR) is 125 cm³/mol. The predicted octanol–water partition coefficient (Wildman–Crippen LogP) is 3.78. The summed E-state index contributed by atoms with van der Waals surface area (Å²) < 4.78 is 16.6. The molecule has 0 radical (unpaired) electrons. The van der Waals surface area contributed by atoms with E-state index in [1.165, 1.54) is 50.0 Å². The summed E-state index contributed by atoms with van der Waals surface area (Å²) >= 11 is 1.79. The van der Waals surface area contributed by atoms with E-state index in [-0.39, 0.29) is 6.79 Å². The van der Waals surface area contributed by atoms with Gasteiger partial charge in [-0.05, 0) is 69.1 Å². The van der Waals surface area contributed by atoms with Gasteiger partial charge in [0, 0.05) is 43.2 Å². The van der Waals surface area contributed by atoms with Crippen molar-refractivity contribution in [3.8, 4) is 17.2 Å². The lowest BCUT2D eigenvalue weighted by Crippen LogP contribution is -2.34. The number of benzene rings is 1. The Balaban J connectivity index is 1.20. The number of piperidine rings is 1. The summed E-state index contributed by atoms with van der Waals surface area (Å²) in [6.07, 6.45) is 6.97. The van der Waals surface area contributed by atoms with Crippen molar-refractivity contribution in [3.05, 3.63) is 35.7 Å². The molecular weight excluding hydrogens is 424 g/mol. The van der Waals surface area contributed by atoms with Crippen LogP contribution in [0.1, 0.15) is 42.9 Å². The van der Waals surface area contributed by atoms with Gasteiger partial charge in [-0.1, -0.05) is 11.8 Å². The summed E-state index contributed by atoms with van der Waals surface area (Å²) in [6, 6.07) is 6.24. The normalized spacial score (nSPS) is 21.2. The lowest BCUT2D eigenvalue weighted by molar-refractivity contribution is 0.171. The topological polar surface area (TPSA) is 60.0 Å². The van der Waals surface area contributed by atoms with Crippen molar-refractivity contribution in [3.63, 3.8) is 0 Å². The zero-order valence-corrected chi connectivity index (χ0v) is 19.6. The largest absolute Gasteiger partial charge is 0.493 e. The average Bonchev–Trinajstić information content (AvgIpc) is 3.51. The molecule has 1 atom stereocenters. The fourth-order valence-electron chi connectivity index (χ4n) is 4.90. The second kappa shape index (κ2) is 10.3. The van der Waals surface area contributed by atoms with Gasteiger partial charge in [0.15, 0.2) is 16.7 Å². The minimum absolute atomic E-state index is 0.257. The van der Waals surface area contributed by atoms with E-state index in [0.717, 1.165) is 48.6 Å². The van der Waals surface area contributed by atoms with Gasteiger partial charge in [-0.3, -0.25) is 4.90 Å². The molecule has 3 aliphatic heterocycles. The Kier molecular flexibility index (Phi) is 7.00. The second-order valence-electron chi connectivity index (χ2n) is 8.77. The molecule has 0 unspecified atom stereocenters. The van der Waals surface area contributed by atoms with E-state index in [0.29, 0.717) is 11.7 Å². The van der Waals surface area contributed by atoms with Crippen molar-refractivity contribution < 1.29 is 14.2 Å². The van der Waals surface area contributed by atoms with Crippen molar-refractivity contribution in [2.75, 3.05) is 52.4 Å². The maximum atomic E-state index is 5.60. The van der Waals surface area contributed by atoms with Gasteiger partial charge in [0.05, 0.1) is 7.11 Å². The van der Waals surface area contributed by atoms with E-state index in [1.807, 2.05) is 6.20 Å². The lowest BCUT2D eigenvalue weighted by Gasteiger charge is -2.32. The highest BCUT2D eigenvalue weighted by Gasteiger charge is 2.25. The fourth-order valence-corrected chi connectivity index (χ4v) is 5.73. The van der Waals surface area contributed by atoms with Crippen molar-refractivity contribution in [1.82, 2.24) is 19.8 Å². The highest BCUT2D eigenvalue weighted by atomic mass is 32.2. The molecule has 2 aromatic rings. The maximum Gasteiger partial charge on any atom is 0.231 e. The monoisotopic (exact) mass is 456 g/mol. The molecule has 8 heteroatoms. The van der Waals surface area contributed by atoms with Gasteiger partial charge in [0.25, 0.3) is 0 Å². The Hall–Kier alpha value is -2.03. The van der Waals surface area contributed by atoms with Gasteiger partial charge in [0.1, 0.15) is 0 Å². The number of ether oxygens (including phenoxy) is 3. The summed E-state index contributed by atoms with van der Waals surface area (Å²) in [5.41, 5.74) is 2.37. The average molecular weight is 457 g/mol. The van der Waals surface area contributed by atoms with E-state index < -0.39 is 0 Å². The third-order valence-electron chi connectivity index (χ3n) is 6.54. The molecule has 0 spiro atoms. The number of nitrogens with zero attached hydrogens (tertiary/aromatic N) is 4. The number of hydrogen-bond acceptors (Lipinski definition) is 8. The van der Waals surface area contributed by atoms with Crippen LogP contribution < -0.4 is 14.2 Å². The first kappa shape index (κ1) is 21.8. The lowest BCUT2D eigenvalue weighted by atomic mass is 9.94.